The molecule has 4 amide bonds. The lowest BCUT2D eigenvalue weighted by Gasteiger charge is -2.33. The maximum atomic E-state index is 12.8. The van der Waals surface area contributed by atoms with Crippen LogP contribution in [0.5, 0.6) is 0 Å². The lowest BCUT2D eigenvalue weighted by atomic mass is 9.77. The number of hydrogen-bond acceptors (Lipinski definition) is 5. The normalized spacial score (nSPS) is 24.5. The van der Waals surface area contributed by atoms with Crippen LogP contribution >= 0.6 is 0 Å². The first-order valence-electron chi connectivity index (χ1n) is 9.35. The SMILES string of the molecule is CC1CCC2(CC1)NC(=O)N(CC(=O)Nc1ccc(-n3ccnc3)nc1)C2=O. The molecule has 9 nitrogen and oxygen atoms in total. The smallest absolute Gasteiger partial charge is 0.323 e. The van der Waals surface area contributed by atoms with Gasteiger partial charge in [0.2, 0.25) is 5.91 Å². The van der Waals surface area contributed by atoms with Gasteiger partial charge in [-0.25, -0.2) is 14.8 Å². The number of rotatable bonds is 4. The molecular weight excluding hydrogens is 360 g/mol. The van der Waals surface area contributed by atoms with E-state index in [4.69, 9.17) is 0 Å². The third-order valence-corrected chi connectivity index (χ3v) is 5.48. The molecule has 0 aromatic carbocycles. The molecule has 0 unspecified atom stereocenters. The maximum Gasteiger partial charge on any atom is 0.325 e. The van der Waals surface area contributed by atoms with Crippen molar-refractivity contribution in [3.05, 3.63) is 37.1 Å². The third kappa shape index (κ3) is 3.35. The minimum atomic E-state index is -0.835. The van der Waals surface area contributed by atoms with E-state index in [1.165, 1.54) is 6.20 Å². The van der Waals surface area contributed by atoms with Gasteiger partial charge in [-0.2, -0.15) is 0 Å². The Hall–Kier alpha value is -3.23. The molecule has 0 radical (unpaired) electrons. The number of anilines is 1. The van der Waals surface area contributed by atoms with Gasteiger partial charge in [-0.3, -0.25) is 19.1 Å². The zero-order valence-corrected chi connectivity index (χ0v) is 15.6. The summed E-state index contributed by atoms with van der Waals surface area (Å²) in [6.07, 6.45) is 9.58. The molecular formula is C19H22N6O3. The van der Waals surface area contributed by atoms with Crippen LogP contribution in [0.3, 0.4) is 0 Å². The Morgan fingerprint density at radius 3 is 2.75 bits per heavy atom. The Labute approximate surface area is 162 Å². The molecule has 0 bridgehead atoms. The Kier molecular flexibility index (Phi) is 4.58. The second-order valence-electron chi connectivity index (χ2n) is 7.51. The predicted molar refractivity (Wildman–Crippen MR) is 101 cm³/mol. The van der Waals surface area contributed by atoms with Gasteiger partial charge in [0.15, 0.2) is 0 Å². The molecule has 1 saturated carbocycles. The highest BCUT2D eigenvalue weighted by atomic mass is 16.2. The fourth-order valence-corrected chi connectivity index (χ4v) is 3.77. The van der Waals surface area contributed by atoms with E-state index in [1.54, 1.807) is 35.4 Å². The summed E-state index contributed by atoms with van der Waals surface area (Å²) in [5.74, 6) is 0.471. The summed E-state index contributed by atoms with van der Waals surface area (Å²) in [7, 11) is 0. The molecule has 9 heteroatoms. The average molecular weight is 382 g/mol. The van der Waals surface area contributed by atoms with E-state index in [1.807, 2.05) is 0 Å². The standard InChI is InChI=1S/C19H22N6O3/c1-13-4-6-19(7-5-13)17(27)25(18(28)23-19)11-16(26)22-14-2-3-15(21-10-14)24-9-8-20-12-24/h2-3,8-10,12-13H,4-7,11H2,1H3,(H,22,26)(H,23,28). The van der Waals surface area contributed by atoms with Crippen molar-refractivity contribution in [2.24, 2.45) is 5.92 Å². The fraction of sp³-hybridized carbons (Fsp3) is 0.421. The second-order valence-corrected chi connectivity index (χ2v) is 7.51. The van der Waals surface area contributed by atoms with Gasteiger partial charge in [-0.05, 0) is 43.7 Å². The molecule has 1 aliphatic carbocycles. The summed E-state index contributed by atoms with van der Waals surface area (Å²) in [6, 6.07) is 2.95. The molecule has 1 aliphatic heterocycles. The molecule has 2 aromatic rings. The van der Waals surface area contributed by atoms with Crippen LogP contribution in [-0.2, 0) is 9.59 Å². The molecule has 1 saturated heterocycles. The van der Waals surface area contributed by atoms with Crippen molar-refractivity contribution in [2.45, 2.75) is 38.1 Å². The molecule has 2 aliphatic rings. The number of hydrogen-bond donors (Lipinski definition) is 2. The van der Waals surface area contributed by atoms with Crippen molar-refractivity contribution < 1.29 is 14.4 Å². The lowest BCUT2D eigenvalue weighted by Crippen LogP contribution is -2.49. The van der Waals surface area contributed by atoms with Crippen molar-refractivity contribution in [1.82, 2.24) is 24.8 Å². The Balaban J connectivity index is 1.38. The molecule has 1 spiro atoms. The molecule has 0 atom stereocenters. The largest absolute Gasteiger partial charge is 0.325 e. The van der Waals surface area contributed by atoms with Gasteiger partial charge in [0.05, 0.1) is 11.9 Å². The van der Waals surface area contributed by atoms with Crippen molar-refractivity contribution in [3.8, 4) is 5.82 Å². The molecule has 3 heterocycles. The zero-order chi connectivity index (χ0) is 19.7. The summed E-state index contributed by atoms with van der Waals surface area (Å²) in [5, 5.41) is 5.50. The van der Waals surface area contributed by atoms with Crippen molar-refractivity contribution >= 4 is 23.5 Å². The van der Waals surface area contributed by atoms with Gasteiger partial charge in [0, 0.05) is 12.4 Å². The number of nitrogens with zero attached hydrogens (tertiary/aromatic N) is 4. The Morgan fingerprint density at radius 2 is 2.11 bits per heavy atom. The first-order valence-corrected chi connectivity index (χ1v) is 9.35. The molecule has 28 heavy (non-hydrogen) atoms. The van der Waals surface area contributed by atoms with E-state index in [9.17, 15) is 14.4 Å². The summed E-state index contributed by atoms with van der Waals surface area (Å²) < 4.78 is 1.74. The number of urea groups is 1. The van der Waals surface area contributed by atoms with Gasteiger partial charge < -0.3 is 10.6 Å². The molecule has 2 N–H and O–H groups in total. The minimum absolute atomic E-state index is 0.298. The van der Waals surface area contributed by atoms with Crippen LogP contribution in [0.25, 0.3) is 5.82 Å². The number of imide groups is 1. The number of aromatic nitrogens is 3. The highest BCUT2D eigenvalue weighted by molar-refractivity contribution is 6.10. The van der Waals surface area contributed by atoms with E-state index in [-0.39, 0.29) is 12.5 Å². The molecule has 4 rings (SSSR count). The van der Waals surface area contributed by atoms with E-state index < -0.39 is 17.5 Å². The van der Waals surface area contributed by atoms with E-state index in [0.29, 0.717) is 30.3 Å². The van der Waals surface area contributed by atoms with Gasteiger partial charge in [0.25, 0.3) is 5.91 Å². The summed E-state index contributed by atoms with van der Waals surface area (Å²) in [4.78, 5) is 46.7. The van der Waals surface area contributed by atoms with Crippen LogP contribution in [0.4, 0.5) is 10.5 Å². The number of carbonyl (C=O) groups excluding carboxylic acids is 3. The minimum Gasteiger partial charge on any atom is -0.323 e. The number of nitrogens with one attached hydrogen (secondary N) is 2. The number of imidazole rings is 1. The van der Waals surface area contributed by atoms with Crippen LogP contribution in [-0.4, -0.2) is 49.4 Å². The van der Waals surface area contributed by atoms with Crippen LogP contribution in [0, 0.1) is 5.92 Å². The number of amides is 4. The molecule has 2 fully saturated rings. The highest BCUT2D eigenvalue weighted by Gasteiger charge is 2.52. The second kappa shape index (κ2) is 7.06. The Morgan fingerprint density at radius 1 is 1.32 bits per heavy atom. The number of carbonyl (C=O) groups is 3. The quantitative estimate of drug-likeness (QED) is 0.783. The van der Waals surface area contributed by atoms with Crippen LogP contribution in [0.2, 0.25) is 0 Å². The summed E-state index contributed by atoms with van der Waals surface area (Å²) in [6.45, 7) is 1.83. The van der Waals surface area contributed by atoms with E-state index in [0.717, 1.165) is 17.7 Å². The molecule has 146 valence electrons. The van der Waals surface area contributed by atoms with Gasteiger partial charge in [0.1, 0.15) is 24.2 Å². The summed E-state index contributed by atoms with van der Waals surface area (Å²) >= 11 is 0. The van der Waals surface area contributed by atoms with Crippen molar-refractivity contribution in [3.63, 3.8) is 0 Å². The van der Waals surface area contributed by atoms with Gasteiger partial charge in [-0.1, -0.05) is 6.92 Å². The van der Waals surface area contributed by atoms with E-state index in [2.05, 4.69) is 27.5 Å². The summed E-state index contributed by atoms with van der Waals surface area (Å²) in [5.41, 5.74) is -0.347. The van der Waals surface area contributed by atoms with Crippen LogP contribution < -0.4 is 10.6 Å². The van der Waals surface area contributed by atoms with Crippen LogP contribution in [0.1, 0.15) is 32.6 Å². The first-order chi connectivity index (χ1) is 13.5. The first kappa shape index (κ1) is 18.1. The number of pyridine rings is 1. The van der Waals surface area contributed by atoms with E-state index >= 15 is 0 Å². The maximum absolute atomic E-state index is 12.8. The van der Waals surface area contributed by atoms with Crippen molar-refractivity contribution in [2.75, 3.05) is 11.9 Å². The third-order valence-electron chi connectivity index (χ3n) is 5.48. The topological polar surface area (TPSA) is 109 Å². The predicted octanol–water partition coefficient (Wildman–Crippen LogP) is 1.71. The van der Waals surface area contributed by atoms with Gasteiger partial charge in [-0.15, -0.1) is 0 Å². The van der Waals surface area contributed by atoms with Crippen LogP contribution in [0.15, 0.2) is 37.1 Å². The van der Waals surface area contributed by atoms with Gasteiger partial charge >= 0.3 is 6.03 Å². The average Bonchev–Trinajstić information content (AvgIpc) is 3.29. The lowest BCUT2D eigenvalue weighted by molar-refractivity contribution is -0.135. The fourth-order valence-electron chi connectivity index (χ4n) is 3.77. The Bertz CT molecular complexity index is 885. The highest BCUT2D eigenvalue weighted by Crippen LogP contribution is 2.36. The molecule has 2 aromatic heterocycles. The zero-order valence-electron chi connectivity index (χ0n) is 15.6. The van der Waals surface area contributed by atoms with Crippen molar-refractivity contribution in [1.29, 1.82) is 0 Å². The monoisotopic (exact) mass is 382 g/mol.